The SMILES string of the molecule is OP(O)(=S)OC(F)CBr. The van der Waals surface area contributed by atoms with Crippen LogP contribution in [0.1, 0.15) is 0 Å². The maximum atomic E-state index is 12.0. The van der Waals surface area contributed by atoms with E-state index in [0.29, 0.717) is 0 Å². The standard InChI is InChI=1S/C2H5BrFO3PS/c3-1-2(4)7-8(5,6)9/h2H,1H2,(H2,5,6,9). The molecule has 0 amide bonds. The van der Waals surface area contributed by atoms with Gasteiger partial charge in [0.15, 0.2) is 0 Å². The van der Waals surface area contributed by atoms with Crippen molar-refractivity contribution in [1.82, 2.24) is 0 Å². The van der Waals surface area contributed by atoms with Crippen LogP contribution in [0.5, 0.6) is 0 Å². The number of hydrogen-bond acceptors (Lipinski definition) is 2. The lowest BCUT2D eigenvalue weighted by Gasteiger charge is -2.09. The maximum absolute atomic E-state index is 12.0. The smallest absolute Gasteiger partial charge is 0.324 e. The molecule has 0 aromatic carbocycles. The fourth-order valence-corrected chi connectivity index (χ4v) is 1.17. The first kappa shape index (κ1) is 9.94. The molecule has 0 saturated carbocycles. The number of halogens is 2. The molecular weight excluding hydrogens is 234 g/mol. The monoisotopic (exact) mass is 238 g/mol. The molecule has 3 nitrogen and oxygen atoms in total. The zero-order valence-corrected chi connectivity index (χ0v) is 7.50. The molecule has 0 spiro atoms. The molecule has 9 heavy (non-hydrogen) atoms. The van der Waals surface area contributed by atoms with Gasteiger partial charge in [-0.3, -0.25) is 4.52 Å². The minimum Gasteiger partial charge on any atom is -0.324 e. The van der Waals surface area contributed by atoms with E-state index in [9.17, 15) is 4.39 Å². The third kappa shape index (κ3) is 6.83. The van der Waals surface area contributed by atoms with Crippen LogP contribution in [0.3, 0.4) is 0 Å². The first-order chi connectivity index (χ1) is 3.95. The van der Waals surface area contributed by atoms with Gasteiger partial charge in [-0.2, -0.15) is 0 Å². The third-order valence-electron chi connectivity index (χ3n) is 0.373. The summed E-state index contributed by atoms with van der Waals surface area (Å²) < 4.78 is 15.9. The molecule has 0 heterocycles. The minimum atomic E-state index is -3.81. The summed E-state index contributed by atoms with van der Waals surface area (Å²) >= 11 is 6.68. The molecule has 0 aliphatic heterocycles. The van der Waals surface area contributed by atoms with E-state index in [2.05, 4.69) is 32.3 Å². The van der Waals surface area contributed by atoms with E-state index in [1.165, 1.54) is 0 Å². The molecule has 0 saturated heterocycles. The van der Waals surface area contributed by atoms with E-state index in [-0.39, 0.29) is 5.33 Å². The lowest BCUT2D eigenvalue weighted by molar-refractivity contribution is 0.0751. The highest BCUT2D eigenvalue weighted by Crippen LogP contribution is 2.38. The summed E-state index contributed by atoms with van der Waals surface area (Å²) in [5.41, 5.74) is 0. The Kier molecular flexibility index (Phi) is 4.37. The average Bonchev–Trinajstić information content (AvgIpc) is 1.62. The molecule has 0 fully saturated rings. The van der Waals surface area contributed by atoms with Gasteiger partial charge in [0, 0.05) is 0 Å². The lowest BCUT2D eigenvalue weighted by Crippen LogP contribution is -2.04. The van der Waals surface area contributed by atoms with Crippen LogP contribution in [0.4, 0.5) is 4.39 Å². The molecule has 7 heteroatoms. The van der Waals surface area contributed by atoms with E-state index in [1.54, 1.807) is 0 Å². The normalized spacial score (nSPS) is 15.6. The van der Waals surface area contributed by atoms with Crippen LogP contribution >= 0.6 is 22.6 Å². The largest absolute Gasteiger partial charge is 0.324 e. The Hall–Kier alpha value is 0.940. The van der Waals surface area contributed by atoms with Crippen molar-refractivity contribution < 1.29 is 18.7 Å². The Balaban J connectivity index is 3.60. The van der Waals surface area contributed by atoms with Crippen LogP contribution in [0.2, 0.25) is 0 Å². The third-order valence-corrected chi connectivity index (χ3v) is 1.64. The van der Waals surface area contributed by atoms with Crippen LogP contribution in [0.15, 0.2) is 0 Å². The van der Waals surface area contributed by atoms with Gasteiger partial charge in [0.25, 0.3) is 0 Å². The zero-order chi connectivity index (χ0) is 7.49. The Morgan fingerprint density at radius 3 is 2.33 bits per heavy atom. The van der Waals surface area contributed by atoms with E-state index >= 15 is 0 Å². The van der Waals surface area contributed by atoms with Gasteiger partial charge in [0.1, 0.15) is 0 Å². The van der Waals surface area contributed by atoms with Gasteiger partial charge in [-0.15, -0.1) is 0 Å². The second-order valence-corrected chi connectivity index (χ2v) is 4.43. The van der Waals surface area contributed by atoms with E-state index in [4.69, 9.17) is 9.79 Å². The van der Waals surface area contributed by atoms with Crippen molar-refractivity contribution in [2.45, 2.75) is 6.36 Å². The summed E-state index contributed by atoms with van der Waals surface area (Å²) in [6, 6.07) is 0. The Morgan fingerprint density at radius 1 is 1.78 bits per heavy atom. The van der Waals surface area contributed by atoms with Crippen LogP contribution in [-0.4, -0.2) is 21.5 Å². The topological polar surface area (TPSA) is 49.7 Å². The quantitative estimate of drug-likeness (QED) is 0.567. The molecular formula is C2H5BrFO3PS. The second kappa shape index (κ2) is 3.95. The van der Waals surface area contributed by atoms with Crippen molar-refractivity contribution in [2.75, 3.05) is 5.33 Å². The fourth-order valence-electron chi connectivity index (χ4n) is 0.177. The molecule has 0 rings (SSSR count). The van der Waals surface area contributed by atoms with E-state index < -0.39 is 13.1 Å². The van der Waals surface area contributed by atoms with Crippen LogP contribution in [-0.2, 0) is 16.3 Å². The van der Waals surface area contributed by atoms with Gasteiger partial charge in [0.2, 0.25) is 6.36 Å². The van der Waals surface area contributed by atoms with Crippen LogP contribution < -0.4 is 0 Å². The average molecular weight is 239 g/mol. The van der Waals surface area contributed by atoms with Crippen molar-refractivity contribution in [2.24, 2.45) is 0 Å². The molecule has 0 aliphatic carbocycles. The Bertz CT molecular complexity index is 127. The van der Waals surface area contributed by atoms with Gasteiger partial charge < -0.3 is 9.79 Å². The van der Waals surface area contributed by atoms with Crippen LogP contribution in [0, 0.1) is 0 Å². The number of alkyl halides is 2. The van der Waals surface area contributed by atoms with Gasteiger partial charge in [-0.25, -0.2) is 4.39 Å². The predicted molar refractivity (Wildman–Crippen MR) is 38.5 cm³/mol. The number of rotatable bonds is 3. The summed E-state index contributed by atoms with van der Waals surface area (Å²) in [4.78, 5) is 16.6. The Morgan fingerprint density at radius 2 is 2.22 bits per heavy atom. The molecule has 1 unspecified atom stereocenters. The van der Waals surface area contributed by atoms with Crippen molar-refractivity contribution in [1.29, 1.82) is 0 Å². The van der Waals surface area contributed by atoms with Crippen molar-refractivity contribution in [3.8, 4) is 0 Å². The highest BCUT2D eigenvalue weighted by atomic mass is 79.9. The molecule has 56 valence electrons. The highest BCUT2D eigenvalue weighted by molar-refractivity contribution is 9.09. The predicted octanol–water partition coefficient (Wildman–Crippen LogP) is 0.903. The molecule has 0 radical (unpaired) electrons. The van der Waals surface area contributed by atoms with Crippen LogP contribution in [0.25, 0.3) is 0 Å². The summed E-state index contributed by atoms with van der Waals surface area (Å²) in [5, 5.41) is -0.119. The van der Waals surface area contributed by atoms with Gasteiger partial charge >= 0.3 is 6.72 Å². The number of hydrogen-bond donors (Lipinski definition) is 2. The zero-order valence-electron chi connectivity index (χ0n) is 4.20. The maximum Gasteiger partial charge on any atom is 0.324 e. The summed E-state index contributed by atoms with van der Waals surface area (Å²) in [7, 11) is 0. The van der Waals surface area contributed by atoms with Gasteiger partial charge in [-0.1, -0.05) is 15.9 Å². The summed E-state index contributed by atoms with van der Waals surface area (Å²) in [5.74, 6) is 0. The van der Waals surface area contributed by atoms with E-state index in [1.807, 2.05) is 0 Å². The minimum absolute atomic E-state index is 0.119. The highest BCUT2D eigenvalue weighted by Gasteiger charge is 2.15. The molecule has 2 N–H and O–H groups in total. The molecule has 0 aromatic heterocycles. The fraction of sp³-hybridized carbons (Fsp3) is 1.00. The van der Waals surface area contributed by atoms with Gasteiger partial charge in [0.05, 0.1) is 5.33 Å². The Labute approximate surface area is 65.2 Å². The van der Waals surface area contributed by atoms with Crippen molar-refractivity contribution in [3.63, 3.8) is 0 Å². The summed E-state index contributed by atoms with van der Waals surface area (Å²) in [6.45, 7) is -3.81. The molecule has 0 aromatic rings. The van der Waals surface area contributed by atoms with Gasteiger partial charge in [-0.05, 0) is 11.8 Å². The first-order valence-electron chi connectivity index (χ1n) is 1.89. The first-order valence-corrected chi connectivity index (χ1v) is 5.64. The second-order valence-electron chi connectivity index (χ2n) is 1.16. The summed E-state index contributed by atoms with van der Waals surface area (Å²) in [6.07, 6.45) is -1.74. The molecule has 0 aliphatic rings. The van der Waals surface area contributed by atoms with E-state index in [0.717, 1.165) is 0 Å². The molecule has 1 atom stereocenters. The van der Waals surface area contributed by atoms with Crippen molar-refractivity contribution >= 4 is 34.5 Å². The molecule has 0 bridgehead atoms. The lowest BCUT2D eigenvalue weighted by atomic mass is 10.8. The van der Waals surface area contributed by atoms with Crippen molar-refractivity contribution in [3.05, 3.63) is 0 Å².